The summed E-state index contributed by atoms with van der Waals surface area (Å²) in [6.07, 6.45) is 4.55. The molecule has 6 heteroatoms. The van der Waals surface area contributed by atoms with Crippen LogP contribution in [0.3, 0.4) is 0 Å². The number of hydrogen-bond acceptors (Lipinski definition) is 5. The molecule has 23 heavy (non-hydrogen) atoms. The summed E-state index contributed by atoms with van der Waals surface area (Å²) in [6.45, 7) is 3.11. The molecule has 0 aliphatic carbocycles. The summed E-state index contributed by atoms with van der Waals surface area (Å²) in [6, 6.07) is 10.2. The quantitative estimate of drug-likeness (QED) is 0.868. The molecule has 3 rings (SSSR count). The molecule has 0 radical (unpaired) electrons. The average molecular weight is 311 g/mol. The van der Waals surface area contributed by atoms with Crippen LogP contribution in [0.4, 0.5) is 5.82 Å². The number of anilines is 1. The van der Waals surface area contributed by atoms with E-state index in [0.29, 0.717) is 23.3 Å². The molecule has 2 aromatic rings. The van der Waals surface area contributed by atoms with Crippen LogP contribution in [0, 0.1) is 11.3 Å². The van der Waals surface area contributed by atoms with Crippen molar-refractivity contribution in [2.45, 2.75) is 38.6 Å². The van der Waals surface area contributed by atoms with Crippen molar-refractivity contribution in [1.82, 2.24) is 15.0 Å². The fourth-order valence-corrected chi connectivity index (χ4v) is 3.17. The molecule has 6 nitrogen and oxygen atoms in total. The molecule has 2 heterocycles. The zero-order valence-corrected chi connectivity index (χ0v) is 13.6. The maximum Gasteiger partial charge on any atom is 0.207 e. The Kier molecular flexibility index (Phi) is 4.47. The van der Waals surface area contributed by atoms with E-state index in [4.69, 9.17) is 4.74 Å². The third-order valence-corrected chi connectivity index (χ3v) is 4.37. The minimum atomic E-state index is 0.372. The van der Waals surface area contributed by atoms with Gasteiger partial charge in [-0.1, -0.05) is 19.1 Å². The van der Waals surface area contributed by atoms with Crippen LogP contribution in [0.2, 0.25) is 0 Å². The molecule has 0 amide bonds. The normalized spacial score (nSPS) is 17.8. The first kappa shape index (κ1) is 15.3. The summed E-state index contributed by atoms with van der Waals surface area (Å²) in [7, 11) is 1.62. The molecule has 1 aromatic heterocycles. The van der Waals surface area contributed by atoms with E-state index in [1.807, 2.05) is 24.3 Å². The van der Waals surface area contributed by atoms with Gasteiger partial charge in [0.2, 0.25) is 5.69 Å². The number of aromatic nitrogens is 3. The number of benzene rings is 1. The van der Waals surface area contributed by atoms with E-state index in [0.717, 1.165) is 31.5 Å². The lowest BCUT2D eigenvalue weighted by Gasteiger charge is -2.35. The Hall–Kier alpha value is -2.55. The smallest absolute Gasteiger partial charge is 0.207 e. The van der Waals surface area contributed by atoms with Crippen molar-refractivity contribution in [3.8, 4) is 17.5 Å². The molecule has 0 bridgehead atoms. The van der Waals surface area contributed by atoms with Crippen LogP contribution in [-0.4, -0.2) is 34.7 Å². The van der Waals surface area contributed by atoms with E-state index in [9.17, 15) is 5.26 Å². The maximum absolute atomic E-state index is 9.47. The average Bonchev–Trinajstić information content (AvgIpc) is 3.05. The molecule has 0 saturated carbocycles. The van der Waals surface area contributed by atoms with Gasteiger partial charge in [-0.3, -0.25) is 0 Å². The fraction of sp³-hybridized carbons (Fsp3) is 0.471. The summed E-state index contributed by atoms with van der Waals surface area (Å²) >= 11 is 0. The Morgan fingerprint density at radius 3 is 2.87 bits per heavy atom. The zero-order valence-electron chi connectivity index (χ0n) is 13.6. The SMILES string of the molecule is CC[C@H]1CCCCN1c1nn(-c2ccccc2OC)nc1C#N. The van der Waals surface area contributed by atoms with Crippen molar-refractivity contribution in [2.75, 3.05) is 18.6 Å². The molecule has 120 valence electrons. The summed E-state index contributed by atoms with van der Waals surface area (Å²) < 4.78 is 5.37. The Morgan fingerprint density at radius 2 is 2.13 bits per heavy atom. The Labute approximate surface area is 136 Å². The van der Waals surface area contributed by atoms with Gasteiger partial charge in [0, 0.05) is 12.6 Å². The highest BCUT2D eigenvalue weighted by molar-refractivity contribution is 5.53. The number of piperidine rings is 1. The van der Waals surface area contributed by atoms with E-state index >= 15 is 0 Å². The van der Waals surface area contributed by atoms with Crippen molar-refractivity contribution in [3.63, 3.8) is 0 Å². The minimum absolute atomic E-state index is 0.372. The fourth-order valence-electron chi connectivity index (χ4n) is 3.17. The first-order valence-electron chi connectivity index (χ1n) is 8.06. The largest absolute Gasteiger partial charge is 0.494 e. The Bertz CT molecular complexity index is 718. The number of para-hydroxylation sites is 2. The third-order valence-electron chi connectivity index (χ3n) is 4.37. The molecule has 1 aliphatic rings. The van der Waals surface area contributed by atoms with Gasteiger partial charge in [0.1, 0.15) is 17.5 Å². The number of ether oxygens (including phenoxy) is 1. The summed E-state index contributed by atoms with van der Waals surface area (Å²) in [5.41, 5.74) is 1.11. The van der Waals surface area contributed by atoms with E-state index in [-0.39, 0.29) is 0 Å². The van der Waals surface area contributed by atoms with Crippen LogP contribution in [0.25, 0.3) is 5.69 Å². The Balaban J connectivity index is 2.03. The van der Waals surface area contributed by atoms with Gasteiger partial charge in [-0.05, 0) is 37.8 Å². The first-order chi connectivity index (χ1) is 11.3. The monoisotopic (exact) mass is 311 g/mol. The van der Waals surface area contributed by atoms with Gasteiger partial charge in [0.25, 0.3) is 0 Å². The van der Waals surface area contributed by atoms with Gasteiger partial charge >= 0.3 is 0 Å². The van der Waals surface area contributed by atoms with Crippen LogP contribution in [0.5, 0.6) is 5.75 Å². The number of hydrogen-bond donors (Lipinski definition) is 0. The number of nitriles is 1. The second kappa shape index (κ2) is 6.69. The van der Waals surface area contributed by atoms with Gasteiger partial charge in [-0.2, -0.15) is 5.26 Å². The predicted octanol–water partition coefficient (Wildman–Crippen LogP) is 2.92. The lowest BCUT2D eigenvalue weighted by atomic mass is 10.00. The number of methoxy groups -OCH3 is 1. The standard InChI is InChI=1S/C17H21N5O/c1-3-13-8-6-7-11-21(13)17-14(12-18)19-22(20-17)15-9-4-5-10-16(15)23-2/h4-5,9-10,13H,3,6-8,11H2,1-2H3/t13-/m0/s1. The second-order valence-corrected chi connectivity index (χ2v) is 5.70. The topological polar surface area (TPSA) is 67.0 Å². The molecule has 0 unspecified atom stereocenters. The first-order valence-corrected chi connectivity index (χ1v) is 8.06. The summed E-state index contributed by atoms with van der Waals surface area (Å²) in [4.78, 5) is 3.75. The van der Waals surface area contributed by atoms with E-state index in [1.54, 1.807) is 7.11 Å². The van der Waals surface area contributed by atoms with Crippen molar-refractivity contribution in [2.24, 2.45) is 0 Å². The molecule has 1 saturated heterocycles. The van der Waals surface area contributed by atoms with Crippen molar-refractivity contribution >= 4 is 5.82 Å². The van der Waals surface area contributed by atoms with Crippen LogP contribution in [-0.2, 0) is 0 Å². The van der Waals surface area contributed by atoms with Crippen LogP contribution in [0.15, 0.2) is 24.3 Å². The van der Waals surface area contributed by atoms with Crippen molar-refractivity contribution < 1.29 is 4.74 Å². The molecule has 0 N–H and O–H groups in total. The number of rotatable bonds is 4. The van der Waals surface area contributed by atoms with Crippen LogP contribution < -0.4 is 9.64 Å². The third kappa shape index (κ3) is 2.87. The molecular weight excluding hydrogens is 290 g/mol. The van der Waals surface area contributed by atoms with Crippen LogP contribution in [0.1, 0.15) is 38.3 Å². The lowest BCUT2D eigenvalue weighted by Crippen LogP contribution is -2.39. The Morgan fingerprint density at radius 1 is 1.30 bits per heavy atom. The molecular formula is C17H21N5O. The van der Waals surface area contributed by atoms with Gasteiger partial charge in [0.15, 0.2) is 5.82 Å². The maximum atomic E-state index is 9.47. The summed E-state index contributed by atoms with van der Waals surface area (Å²) in [5, 5.41) is 18.5. The molecule has 0 spiro atoms. The highest BCUT2D eigenvalue weighted by atomic mass is 16.5. The minimum Gasteiger partial charge on any atom is -0.494 e. The molecule has 1 aliphatic heterocycles. The van der Waals surface area contributed by atoms with Gasteiger partial charge in [0.05, 0.1) is 7.11 Å². The zero-order chi connectivity index (χ0) is 16.2. The molecule has 1 fully saturated rings. The van der Waals surface area contributed by atoms with E-state index < -0.39 is 0 Å². The molecule has 1 atom stereocenters. The van der Waals surface area contributed by atoms with Gasteiger partial charge < -0.3 is 9.64 Å². The van der Waals surface area contributed by atoms with Gasteiger partial charge in [-0.25, -0.2) is 0 Å². The summed E-state index contributed by atoms with van der Waals surface area (Å²) in [5.74, 6) is 1.37. The highest BCUT2D eigenvalue weighted by Gasteiger charge is 2.27. The number of nitrogens with zero attached hydrogens (tertiary/aromatic N) is 5. The second-order valence-electron chi connectivity index (χ2n) is 5.70. The van der Waals surface area contributed by atoms with Gasteiger partial charge in [-0.15, -0.1) is 15.0 Å². The van der Waals surface area contributed by atoms with Crippen molar-refractivity contribution in [3.05, 3.63) is 30.0 Å². The van der Waals surface area contributed by atoms with Crippen LogP contribution >= 0.6 is 0 Å². The van der Waals surface area contributed by atoms with E-state index in [1.165, 1.54) is 11.2 Å². The van der Waals surface area contributed by atoms with E-state index in [2.05, 4.69) is 28.1 Å². The lowest BCUT2D eigenvalue weighted by molar-refractivity contribution is 0.409. The molecule has 1 aromatic carbocycles. The highest BCUT2D eigenvalue weighted by Crippen LogP contribution is 2.28. The predicted molar refractivity (Wildman–Crippen MR) is 87.9 cm³/mol. The van der Waals surface area contributed by atoms with Crippen molar-refractivity contribution in [1.29, 1.82) is 5.26 Å².